The number of carbonyl (C=O) groups is 2. The Morgan fingerprint density at radius 3 is 1.95 bits per heavy atom. The Morgan fingerprint density at radius 1 is 1.26 bits per heavy atom. The Kier molecular flexibility index (Phi) is 7.08. The van der Waals surface area contributed by atoms with E-state index in [2.05, 4.69) is 20.1 Å². The van der Waals surface area contributed by atoms with Crippen LogP contribution in [0.5, 0.6) is 0 Å². The fourth-order valence-corrected chi connectivity index (χ4v) is 1.12. The molecule has 1 N–H and O–H groups in total. The number of ether oxygens (including phenoxy) is 2. The first-order valence-electron chi connectivity index (χ1n) is 6.03. The highest BCUT2D eigenvalue weighted by Gasteiger charge is 2.38. The second-order valence-corrected chi connectivity index (χ2v) is 4.79. The van der Waals surface area contributed by atoms with Crippen molar-refractivity contribution >= 4 is 11.9 Å². The lowest BCUT2D eigenvalue weighted by Gasteiger charge is -2.39. The van der Waals surface area contributed by atoms with Crippen LogP contribution in [0.25, 0.3) is 0 Å². The van der Waals surface area contributed by atoms with Gasteiger partial charge >= 0.3 is 11.9 Å². The molecule has 108 valence electrons. The molecule has 19 heavy (non-hydrogen) atoms. The molecule has 1 saturated heterocycles. The van der Waals surface area contributed by atoms with Crippen molar-refractivity contribution in [3.05, 3.63) is 24.3 Å². The van der Waals surface area contributed by atoms with E-state index in [1.165, 1.54) is 6.92 Å². The Bertz CT molecular complexity index is 349. The maximum atomic E-state index is 11.1. The minimum atomic E-state index is -0.935. The molecular weight excluding hydrogens is 248 g/mol. The predicted octanol–water partition coefficient (Wildman–Crippen LogP) is 2.18. The molecule has 5 nitrogen and oxygen atoms in total. The first-order chi connectivity index (χ1) is 8.74. The minimum absolute atomic E-state index is 0.0745. The van der Waals surface area contributed by atoms with Crippen LogP contribution in [0.2, 0.25) is 0 Å². The molecular formula is C14H22O5. The summed E-state index contributed by atoms with van der Waals surface area (Å²) >= 11 is 0. The van der Waals surface area contributed by atoms with Crippen molar-refractivity contribution in [3.63, 3.8) is 0 Å². The molecule has 1 aliphatic heterocycles. The third kappa shape index (κ3) is 6.20. The highest BCUT2D eigenvalue weighted by atomic mass is 16.5. The topological polar surface area (TPSA) is 72.8 Å². The molecule has 0 spiro atoms. The van der Waals surface area contributed by atoms with Gasteiger partial charge in [-0.15, -0.1) is 0 Å². The van der Waals surface area contributed by atoms with Crippen molar-refractivity contribution in [1.82, 2.24) is 0 Å². The van der Waals surface area contributed by atoms with Crippen LogP contribution >= 0.6 is 0 Å². The largest absolute Gasteiger partial charge is 0.478 e. The Labute approximate surface area is 113 Å². The van der Waals surface area contributed by atoms with Crippen LogP contribution in [0.1, 0.15) is 27.2 Å². The molecule has 0 amide bonds. The normalized spacial score (nSPS) is 15.3. The number of esters is 1. The molecule has 1 rings (SSSR count). The number of carboxylic acids is 1. The summed E-state index contributed by atoms with van der Waals surface area (Å²) in [7, 11) is 0. The molecule has 0 aliphatic carbocycles. The van der Waals surface area contributed by atoms with Gasteiger partial charge in [-0.05, 0) is 20.3 Å². The molecule has 0 radical (unpaired) electrons. The Morgan fingerprint density at radius 2 is 1.74 bits per heavy atom. The van der Waals surface area contributed by atoms with Gasteiger partial charge in [0.05, 0.1) is 18.6 Å². The van der Waals surface area contributed by atoms with Crippen LogP contribution in [-0.4, -0.2) is 36.9 Å². The smallest absolute Gasteiger partial charge is 0.333 e. The van der Waals surface area contributed by atoms with E-state index in [1.54, 1.807) is 6.92 Å². The number of hydrogen-bond acceptors (Lipinski definition) is 4. The number of aliphatic carboxylic acids is 1. The second-order valence-electron chi connectivity index (χ2n) is 4.79. The van der Waals surface area contributed by atoms with E-state index >= 15 is 0 Å². The molecule has 1 heterocycles. The fraction of sp³-hybridized carbons (Fsp3) is 0.571. The van der Waals surface area contributed by atoms with Gasteiger partial charge < -0.3 is 14.6 Å². The summed E-state index contributed by atoms with van der Waals surface area (Å²) in [6, 6.07) is 0. The van der Waals surface area contributed by atoms with Crippen molar-refractivity contribution in [2.45, 2.75) is 27.2 Å². The van der Waals surface area contributed by atoms with E-state index in [0.29, 0.717) is 25.4 Å². The predicted molar refractivity (Wildman–Crippen MR) is 71.8 cm³/mol. The molecule has 0 atom stereocenters. The molecule has 0 bridgehead atoms. The van der Waals surface area contributed by atoms with Gasteiger partial charge in [0, 0.05) is 11.1 Å². The zero-order valence-corrected chi connectivity index (χ0v) is 11.8. The van der Waals surface area contributed by atoms with Gasteiger partial charge in [0.1, 0.15) is 6.61 Å². The molecule has 1 fully saturated rings. The molecule has 0 unspecified atom stereocenters. The van der Waals surface area contributed by atoms with Crippen LogP contribution in [-0.2, 0) is 19.1 Å². The van der Waals surface area contributed by atoms with E-state index in [9.17, 15) is 9.59 Å². The summed E-state index contributed by atoms with van der Waals surface area (Å²) in [6.45, 7) is 13.7. The van der Waals surface area contributed by atoms with Crippen LogP contribution in [0, 0.1) is 5.41 Å². The zero-order chi connectivity index (χ0) is 15.1. The summed E-state index contributed by atoms with van der Waals surface area (Å²) in [6.07, 6.45) is 0.983. The highest BCUT2D eigenvalue weighted by molar-refractivity contribution is 5.87. The maximum Gasteiger partial charge on any atom is 0.333 e. The van der Waals surface area contributed by atoms with Crippen LogP contribution in [0.15, 0.2) is 24.3 Å². The standard InChI is InChI=1S/C10H16O3.C4H6O2/c1-4-10(5-12-6-10)7-13-9(11)8(2)3;1-3(2)4(5)6/h2,4-7H2,1,3H3;1H2,2H3,(H,5,6). The quantitative estimate of drug-likeness (QED) is 0.612. The summed E-state index contributed by atoms with van der Waals surface area (Å²) < 4.78 is 10.2. The van der Waals surface area contributed by atoms with E-state index in [4.69, 9.17) is 14.6 Å². The fourth-order valence-electron chi connectivity index (χ4n) is 1.12. The lowest BCUT2D eigenvalue weighted by molar-refractivity contribution is -0.167. The first kappa shape index (κ1) is 17.4. The zero-order valence-electron chi connectivity index (χ0n) is 11.8. The van der Waals surface area contributed by atoms with Crippen molar-refractivity contribution in [2.24, 2.45) is 5.41 Å². The molecule has 5 heteroatoms. The molecule has 0 aromatic carbocycles. The summed E-state index contributed by atoms with van der Waals surface area (Å²) in [4.78, 5) is 20.7. The van der Waals surface area contributed by atoms with E-state index in [0.717, 1.165) is 6.42 Å². The number of hydrogen-bond donors (Lipinski definition) is 1. The minimum Gasteiger partial charge on any atom is -0.478 e. The number of carbonyl (C=O) groups excluding carboxylic acids is 1. The van der Waals surface area contributed by atoms with Gasteiger partial charge in [0.15, 0.2) is 0 Å². The Balaban J connectivity index is 0.000000459. The van der Waals surface area contributed by atoms with Gasteiger partial charge in [-0.2, -0.15) is 0 Å². The van der Waals surface area contributed by atoms with E-state index < -0.39 is 5.97 Å². The van der Waals surface area contributed by atoms with Crippen molar-refractivity contribution in [2.75, 3.05) is 19.8 Å². The molecule has 1 aliphatic rings. The number of rotatable bonds is 5. The summed E-state index contributed by atoms with van der Waals surface area (Å²) in [5.41, 5.74) is 0.701. The van der Waals surface area contributed by atoms with Gasteiger partial charge in [-0.3, -0.25) is 0 Å². The average molecular weight is 270 g/mol. The Hall–Kier alpha value is -1.62. The van der Waals surface area contributed by atoms with Crippen LogP contribution in [0.3, 0.4) is 0 Å². The molecule has 0 saturated carbocycles. The summed E-state index contributed by atoms with van der Waals surface area (Å²) in [5, 5.41) is 7.89. The maximum absolute atomic E-state index is 11.1. The van der Waals surface area contributed by atoms with Gasteiger partial charge in [-0.1, -0.05) is 20.1 Å². The lowest BCUT2D eigenvalue weighted by atomic mass is 9.84. The molecule has 0 aromatic heterocycles. The average Bonchev–Trinajstić information content (AvgIpc) is 2.28. The number of carboxylic acid groups (broad SMARTS) is 1. The van der Waals surface area contributed by atoms with Crippen LogP contribution in [0.4, 0.5) is 0 Å². The first-order valence-corrected chi connectivity index (χ1v) is 6.03. The van der Waals surface area contributed by atoms with E-state index in [-0.39, 0.29) is 17.0 Å². The van der Waals surface area contributed by atoms with Gasteiger partial charge in [0.2, 0.25) is 0 Å². The molecule has 0 aromatic rings. The second kappa shape index (κ2) is 7.74. The lowest BCUT2D eigenvalue weighted by Crippen LogP contribution is -2.46. The summed E-state index contributed by atoms with van der Waals surface area (Å²) in [5.74, 6) is -1.24. The van der Waals surface area contributed by atoms with Crippen molar-refractivity contribution in [3.8, 4) is 0 Å². The van der Waals surface area contributed by atoms with Crippen molar-refractivity contribution < 1.29 is 24.2 Å². The van der Waals surface area contributed by atoms with E-state index in [1.807, 2.05) is 0 Å². The van der Waals surface area contributed by atoms with Gasteiger partial charge in [0.25, 0.3) is 0 Å². The monoisotopic (exact) mass is 270 g/mol. The van der Waals surface area contributed by atoms with Crippen LogP contribution < -0.4 is 0 Å². The van der Waals surface area contributed by atoms with Gasteiger partial charge in [-0.25, -0.2) is 9.59 Å². The third-order valence-electron chi connectivity index (χ3n) is 2.79. The SMILES string of the molecule is C=C(C)C(=O)O.C=C(C)C(=O)OCC1(CC)COC1. The third-order valence-corrected chi connectivity index (χ3v) is 2.79. The highest BCUT2D eigenvalue weighted by Crippen LogP contribution is 2.31. The van der Waals surface area contributed by atoms with Crippen molar-refractivity contribution in [1.29, 1.82) is 0 Å².